The number of ether oxygens (including phenoxy) is 1. The predicted octanol–water partition coefficient (Wildman–Crippen LogP) is 3.61. The van der Waals surface area contributed by atoms with Gasteiger partial charge in [-0.25, -0.2) is 0 Å². The molecule has 0 spiro atoms. The Morgan fingerprint density at radius 3 is 2.67 bits per heavy atom. The highest BCUT2D eigenvalue weighted by Gasteiger charge is 2.50. The number of nitrogens with zero attached hydrogens (tertiary/aromatic N) is 1. The summed E-state index contributed by atoms with van der Waals surface area (Å²) in [6.45, 7) is 3.70. The fourth-order valence-corrected chi connectivity index (χ4v) is 5.08. The van der Waals surface area contributed by atoms with Gasteiger partial charge in [-0.2, -0.15) is 0 Å². The number of fused-ring (bicyclic) bond motifs is 3. The molecule has 2 aliphatic rings. The SMILES string of the molecule is C=CCCC(=O)N(Cc1ccc(Cl)c(Cl)c1)[C@@H]1C=C(C(=O)NCCO)[C@@H]2c3ccccc3O[C@@H]2[C@H]1O. The lowest BCUT2D eigenvalue weighted by molar-refractivity contribution is -0.138. The summed E-state index contributed by atoms with van der Waals surface area (Å²) in [5, 5.41) is 24.2. The molecule has 3 N–H and O–H groups in total. The Bertz CT molecular complexity index is 1180. The maximum absolute atomic E-state index is 13.4. The zero-order valence-corrected chi connectivity index (χ0v) is 21.1. The molecular formula is C27H28Cl2N2O5. The number of allylic oxidation sites excluding steroid dienone is 1. The van der Waals surface area contributed by atoms with Gasteiger partial charge in [0.1, 0.15) is 18.0 Å². The largest absolute Gasteiger partial charge is 0.486 e. The fraction of sp³-hybridized carbons (Fsp3) is 0.333. The van der Waals surface area contributed by atoms with Gasteiger partial charge < -0.3 is 25.2 Å². The number of rotatable bonds is 9. The number of carbonyl (C=O) groups is 2. The van der Waals surface area contributed by atoms with Crippen molar-refractivity contribution in [3.63, 3.8) is 0 Å². The number of carbonyl (C=O) groups excluding carboxylic acids is 2. The van der Waals surface area contributed by atoms with E-state index in [-0.39, 0.29) is 37.9 Å². The molecule has 36 heavy (non-hydrogen) atoms. The van der Waals surface area contributed by atoms with Gasteiger partial charge in [0, 0.05) is 30.6 Å². The maximum atomic E-state index is 13.4. The molecule has 0 unspecified atom stereocenters. The van der Waals surface area contributed by atoms with Gasteiger partial charge >= 0.3 is 0 Å². The van der Waals surface area contributed by atoms with E-state index in [1.807, 2.05) is 18.2 Å². The molecule has 0 radical (unpaired) electrons. The van der Waals surface area contributed by atoms with Gasteiger partial charge in [0.15, 0.2) is 0 Å². The summed E-state index contributed by atoms with van der Waals surface area (Å²) in [6, 6.07) is 11.6. The average Bonchev–Trinajstić information content (AvgIpc) is 3.27. The van der Waals surface area contributed by atoms with Crippen LogP contribution in [0.2, 0.25) is 10.0 Å². The number of hydrogen-bond donors (Lipinski definition) is 3. The van der Waals surface area contributed by atoms with Crippen molar-refractivity contribution in [2.24, 2.45) is 0 Å². The van der Waals surface area contributed by atoms with Crippen molar-refractivity contribution in [3.05, 3.63) is 87.9 Å². The van der Waals surface area contributed by atoms with Crippen molar-refractivity contribution in [1.29, 1.82) is 0 Å². The quantitative estimate of drug-likeness (QED) is 0.430. The number of para-hydroxylation sites is 1. The van der Waals surface area contributed by atoms with E-state index in [9.17, 15) is 19.8 Å². The Morgan fingerprint density at radius 2 is 1.94 bits per heavy atom. The topological polar surface area (TPSA) is 99.1 Å². The Kier molecular flexibility index (Phi) is 8.36. The molecule has 0 aromatic heterocycles. The van der Waals surface area contributed by atoms with Crippen LogP contribution in [-0.4, -0.2) is 58.3 Å². The number of amides is 2. The fourth-order valence-electron chi connectivity index (χ4n) is 4.75. The standard InChI is InChI=1S/C27H28Cl2N2O5/c1-2-3-8-23(33)31(15-16-9-10-19(28)20(29)13-16)21-14-18(27(35)30-11-12-32)24-17-6-4-5-7-22(17)36-26(24)25(21)34/h2,4-7,9-10,13-14,21,24-26,32,34H,1,3,8,11-12,15H2,(H,30,35)/t21-,24+,25+,26+/m1/s1. The van der Waals surface area contributed by atoms with Crippen molar-refractivity contribution in [2.45, 2.75) is 43.6 Å². The van der Waals surface area contributed by atoms with Crippen LogP contribution in [0.25, 0.3) is 0 Å². The number of aliphatic hydroxyl groups excluding tert-OH is 2. The summed E-state index contributed by atoms with van der Waals surface area (Å²) in [7, 11) is 0. The molecule has 2 aromatic carbocycles. The summed E-state index contributed by atoms with van der Waals surface area (Å²) in [6.07, 6.45) is 2.07. The zero-order chi connectivity index (χ0) is 25.8. The van der Waals surface area contributed by atoms with E-state index in [0.717, 1.165) is 11.1 Å². The molecule has 1 aliphatic carbocycles. The van der Waals surface area contributed by atoms with Gasteiger partial charge in [-0.1, -0.05) is 53.5 Å². The molecule has 0 saturated carbocycles. The third kappa shape index (κ3) is 5.30. The molecule has 1 heterocycles. The molecule has 1 aliphatic heterocycles. The first-order valence-corrected chi connectivity index (χ1v) is 12.5. The highest BCUT2D eigenvalue weighted by Crippen LogP contribution is 2.47. The number of halogens is 2. The number of hydrogen-bond acceptors (Lipinski definition) is 5. The van der Waals surface area contributed by atoms with E-state index in [1.165, 1.54) is 4.90 Å². The summed E-state index contributed by atoms with van der Waals surface area (Å²) >= 11 is 12.3. The minimum absolute atomic E-state index is 0.0779. The molecule has 190 valence electrons. The third-order valence-corrected chi connectivity index (χ3v) is 7.20. The maximum Gasteiger partial charge on any atom is 0.247 e. The summed E-state index contributed by atoms with van der Waals surface area (Å²) < 4.78 is 6.12. The molecule has 4 rings (SSSR count). The van der Waals surface area contributed by atoms with Crippen LogP contribution < -0.4 is 10.1 Å². The lowest BCUT2D eigenvalue weighted by atomic mass is 9.77. The van der Waals surface area contributed by atoms with Crippen molar-refractivity contribution < 1.29 is 24.5 Å². The van der Waals surface area contributed by atoms with Crippen LogP contribution in [0.4, 0.5) is 0 Å². The van der Waals surface area contributed by atoms with Gasteiger partial charge in [0.25, 0.3) is 0 Å². The molecule has 2 aromatic rings. The number of nitrogens with one attached hydrogen (secondary N) is 1. The van der Waals surface area contributed by atoms with E-state index in [2.05, 4.69) is 11.9 Å². The first kappa shape index (κ1) is 26.2. The Balaban J connectivity index is 1.76. The predicted molar refractivity (Wildman–Crippen MR) is 138 cm³/mol. The van der Waals surface area contributed by atoms with Crippen molar-refractivity contribution >= 4 is 35.0 Å². The van der Waals surface area contributed by atoms with E-state index in [1.54, 1.807) is 36.4 Å². The lowest BCUT2D eigenvalue weighted by Crippen LogP contribution is -2.55. The number of aliphatic hydroxyl groups is 2. The van der Waals surface area contributed by atoms with Crippen LogP contribution in [0.3, 0.4) is 0 Å². The van der Waals surface area contributed by atoms with Crippen molar-refractivity contribution in [2.75, 3.05) is 13.2 Å². The van der Waals surface area contributed by atoms with Crippen LogP contribution in [0.1, 0.15) is 29.9 Å². The molecule has 9 heteroatoms. The van der Waals surface area contributed by atoms with E-state index in [4.69, 9.17) is 27.9 Å². The molecule has 0 saturated heterocycles. The van der Waals surface area contributed by atoms with Crippen molar-refractivity contribution in [3.8, 4) is 5.75 Å². The van der Waals surface area contributed by atoms with Crippen LogP contribution in [-0.2, 0) is 16.1 Å². The van der Waals surface area contributed by atoms with Gasteiger partial charge in [-0.05, 0) is 36.3 Å². The van der Waals surface area contributed by atoms with Gasteiger partial charge in [0.05, 0.1) is 28.6 Å². The molecule has 4 atom stereocenters. The van der Waals surface area contributed by atoms with E-state index >= 15 is 0 Å². The highest BCUT2D eigenvalue weighted by atomic mass is 35.5. The average molecular weight is 531 g/mol. The third-order valence-electron chi connectivity index (χ3n) is 6.46. The first-order valence-electron chi connectivity index (χ1n) is 11.7. The second-order valence-corrected chi connectivity index (χ2v) is 9.59. The Labute approximate surface area is 220 Å². The van der Waals surface area contributed by atoms with Gasteiger partial charge in [-0.15, -0.1) is 6.58 Å². The van der Waals surface area contributed by atoms with Crippen LogP contribution in [0.15, 0.2) is 66.8 Å². The molecule has 7 nitrogen and oxygen atoms in total. The Hall–Kier alpha value is -2.84. The lowest BCUT2D eigenvalue weighted by Gasteiger charge is -2.41. The second-order valence-electron chi connectivity index (χ2n) is 8.78. The van der Waals surface area contributed by atoms with Gasteiger partial charge in [-0.3, -0.25) is 9.59 Å². The second kappa shape index (κ2) is 11.5. The Morgan fingerprint density at radius 1 is 1.17 bits per heavy atom. The molecule has 2 amide bonds. The zero-order valence-electron chi connectivity index (χ0n) is 19.6. The van der Waals surface area contributed by atoms with Crippen LogP contribution in [0, 0.1) is 0 Å². The first-order chi connectivity index (χ1) is 17.3. The van der Waals surface area contributed by atoms with Gasteiger partial charge in [0.2, 0.25) is 11.8 Å². The van der Waals surface area contributed by atoms with Crippen LogP contribution >= 0.6 is 23.2 Å². The highest BCUT2D eigenvalue weighted by molar-refractivity contribution is 6.42. The normalized spacial score (nSPS) is 22.1. The summed E-state index contributed by atoms with van der Waals surface area (Å²) in [4.78, 5) is 28.1. The summed E-state index contributed by atoms with van der Waals surface area (Å²) in [5.41, 5.74) is 1.89. The minimum atomic E-state index is -1.10. The smallest absolute Gasteiger partial charge is 0.247 e. The van der Waals surface area contributed by atoms with E-state index in [0.29, 0.717) is 27.8 Å². The van der Waals surface area contributed by atoms with Crippen molar-refractivity contribution in [1.82, 2.24) is 10.2 Å². The molecule has 0 bridgehead atoms. The molecule has 0 fully saturated rings. The van der Waals surface area contributed by atoms with E-state index < -0.39 is 24.2 Å². The summed E-state index contributed by atoms with van der Waals surface area (Å²) in [5.74, 6) is -0.530. The monoisotopic (exact) mass is 530 g/mol. The van der Waals surface area contributed by atoms with Crippen LogP contribution in [0.5, 0.6) is 5.75 Å². The molecular weight excluding hydrogens is 503 g/mol. The minimum Gasteiger partial charge on any atom is -0.486 e. The number of benzene rings is 2.